The molecule has 26 heavy (non-hydrogen) atoms. The average Bonchev–Trinajstić information content (AvgIpc) is 3.04. The van der Waals surface area contributed by atoms with Gasteiger partial charge < -0.3 is 15.5 Å². The van der Waals surface area contributed by atoms with Crippen molar-refractivity contribution in [3.8, 4) is 0 Å². The second-order valence-electron chi connectivity index (χ2n) is 6.66. The first kappa shape index (κ1) is 18.4. The summed E-state index contributed by atoms with van der Waals surface area (Å²) in [7, 11) is 0. The fourth-order valence-corrected chi connectivity index (χ4v) is 3.68. The Kier molecular flexibility index (Phi) is 5.30. The van der Waals surface area contributed by atoms with Gasteiger partial charge in [0, 0.05) is 31.4 Å². The van der Waals surface area contributed by atoms with Crippen LogP contribution in [-0.2, 0) is 29.0 Å². The zero-order valence-electron chi connectivity index (χ0n) is 14.6. The zero-order valence-corrected chi connectivity index (χ0v) is 15.4. The van der Waals surface area contributed by atoms with Gasteiger partial charge in [0.2, 0.25) is 11.8 Å². The first-order valence-electron chi connectivity index (χ1n) is 8.64. The summed E-state index contributed by atoms with van der Waals surface area (Å²) < 4.78 is 0. The summed E-state index contributed by atoms with van der Waals surface area (Å²) in [6.45, 7) is 3.01. The normalized spacial score (nSPS) is 17.7. The van der Waals surface area contributed by atoms with Crippen molar-refractivity contribution < 1.29 is 9.59 Å². The van der Waals surface area contributed by atoms with Crippen LogP contribution >= 0.6 is 12.4 Å². The van der Waals surface area contributed by atoms with Gasteiger partial charge in [-0.05, 0) is 47.7 Å². The molecule has 0 aromatic heterocycles. The number of nitrogens with one attached hydrogen (secondary N) is 2. The van der Waals surface area contributed by atoms with E-state index in [0.29, 0.717) is 19.5 Å². The molecule has 2 aliphatic heterocycles. The Morgan fingerprint density at radius 2 is 1.88 bits per heavy atom. The molecule has 2 aromatic carbocycles. The van der Waals surface area contributed by atoms with E-state index < -0.39 is 0 Å². The Bertz CT molecular complexity index is 853. The largest absolute Gasteiger partial charge is 0.325 e. The number of amides is 2. The van der Waals surface area contributed by atoms with Crippen molar-refractivity contribution in [2.75, 3.05) is 16.8 Å². The van der Waals surface area contributed by atoms with Crippen molar-refractivity contribution in [1.29, 1.82) is 0 Å². The van der Waals surface area contributed by atoms with E-state index in [0.717, 1.165) is 23.4 Å². The summed E-state index contributed by atoms with van der Waals surface area (Å²) >= 11 is 0. The second-order valence-corrected chi connectivity index (χ2v) is 6.66. The summed E-state index contributed by atoms with van der Waals surface area (Å²) in [4.78, 5) is 26.0. The quantitative estimate of drug-likeness (QED) is 0.853. The lowest BCUT2D eigenvalue weighted by Gasteiger charge is -2.25. The Morgan fingerprint density at radius 1 is 1.12 bits per heavy atom. The number of halogens is 1. The standard InChI is InChI=1S/C20H21N3O2.ClH/c1-13(24)23-9-8-15-10-17(6-7-19(15)23)22-20(25)18-11-14-4-2-3-5-16(14)12-21-18;/h2-7,10,18,21H,8-9,11-12H2,1H3,(H,22,25);1H. The third-order valence-corrected chi connectivity index (χ3v) is 5.02. The number of hydrogen-bond donors (Lipinski definition) is 2. The average molecular weight is 372 g/mol. The Morgan fingerprint density at radius 3 is 2.65 bits per heavy atom. The molecule has 0 aliphatic carbocycles. The SMILES string of the molecule is CC(=O)N1CCc2cc(NC(=O)C3Cc4ccccc4CN3)ccc21.Cl. The smallest absolute Gasteiger partial charge is 0.241 e. The van der Waals surface area contributed by atoms with Gasteiger partial charge in [-0.3, -0.25) is 9.59 Å². The van der Waals surface area contributed by atoms with Crippen LogP contribution in [0, 0.1) is 0 Å². The highest BCUT2D eigenvalue weighted by atomic mass is 35.5. The van der Waals surface area contributed by atoms with Crippen molar-refractivity contribution in [3.63, 3.8) is 0 Å². The van der Waals surface area contributed by atoms with E-state index in [4.69, 9.17) is 0 Å². The molecule has 0 spiro atoms. The summed E-state index contributed by atoms with van der Waals surface area (Å²) in [6.07, 6.45) is 1.53. The molecule has 0 saturated heterocycles. The van der Waals surface area contributed by atoms with Gasteiger partial charge in [-0.25, -0.2) is 0 Å². The topological polar surface area (TPSA) is 61.4 Å². The number of carbonyl (C=O) groups is 2. The summed E-state index contributed by atoms with van der Waals surface area (Å²) in [5, 5.41) is 6.32. The first-order chi connectivity index (χ1) is 12.1. The minimum atomic E-state index is -0.225. The lowest BCUT2D eigenvalue weighted by Crippen LogP contribution is -2.44. The van der Waals surface area contributed by atoms with E-state index >= 15 is 0 Å². The van der Waals surface area contributed by atoms with E-state index in [1.54, 1.807) is 11.8 Å². The maximum absolute atomic E-state index is 12.6. The van der Waals surface area contributed by atoms with E-state index in [9.17, 15) is 9.59 Å². The maximum atomic E-state index is 12.6. The van der Waals surface area contributed by atoms with Gasteiger partial charge in [-0.1, -0.05) is 24.3 Å². The van der Waals surface area contributed by atoms with Crippen LogP contribution in [-0.4, -0.2) is 24.4 Å². The second kappa shape index (κ2) is 7.48. The molecule has 0 fully saturated rings. The molecule has 2 heterocycles. The highest BCUT2D eigenvalue weighted by molar-refractivity contribution is 5.97. The number of benzene rings is 2. The molecule has 0 radical (unpaired) electrons. The van der Waals surface area contributed by atoms with E-state index in [1.165, 1.54) is 11.1 Å². The van der Waals surface area contributed by atoms with Crippen LogP contribution in [0.25, 0.3) is 0 Å². The van der Waals surface area contributed by atoms with Crippen molar-refractivity contribution in [2.45, 2.75) is 32.4 Å². The van der Waals surface area contributed by atoms with Crippen LogP contribution in [0.2, 0.25) is 0 Å². The molecule has 6 heteroatoms. The van der Waals surface area contributed by atoms with E-state index in [-0.39, 0.29) is 30.3 Å². The zero-order chi connectivity index (χ0) is 17.4. The van der Waals surface area contributed by atoms with Crippen LogP contribution in [0.1, 0.15) is 23.6 Å². The number of rotatable bonds is 2. The number of nitrogens with zero attached hydrogens (tertiary/aromatic N) is 1. The molecule has 136 valence electrons. The van der Waals surface area contributed by atoms with Crippen LogP contribution in [0.4, 0.5) is 11.4 Å². The van der Waals surface area contributed by atoms with Crippen LogP contribution in [0.3, 0.4) is 0 Å². The molecule has 1 atom stereocenters. The van der Waals surface area contributed by atoms with Gasteiger partial charge in [-0.15, -0.1) is 12.4 Å². The fraction of sp³-hybridized carbons (Fsp3) is 0.300. The molecule has 2 amide bonds. The third kappa shape index (κ3) is 3.45. The fourth-order valence-electron chi connectivity index (χ4n) is 3.68. The van der Waals surface area contributed by atoms with Crippen LogP contribution in [0.15, 0.2) is 42.5 Å². The lowest BCUT2D eigenvalue weighted by atomic mass is 9.95. The highest BCUT2D eigenvalue weighted by Crippen LogP contribution is 2.30. The van der Waals surface area contributed by atoms with Crippen LogP contribution < -0.4 is 15.5 Å². The highest BCUT2D eigenvalue weighted by Gasteiger charge is 2.25. The van der Waals surface area contributed by atoms with Gasteiger partial charge in [0.1, 0.15) is 0 Å². The maximum Gasteiger partial charge on any atom is 0.241 e. The molecule has 2 aromatic rings. The third-order valence-electron chi connectivity index (χ3n) is 5.02. The predicted molar refractivity (Wildman–Crippen MR) is 105 cm³/mol. The molecule has 0 saturated carbocycles. The minimum absolute atomic E-state index is 0. The lowest BCUT2D eigenvalue weighted by molar-refractivity contribution is -0.118. The molecule has 5 nitrogen and oxygen atoms in total. The molecular formula is C20H22ClN3O2. The van der Waals surface area contributed by atoms with Crippen molar-refractivity contribution in [2.24, 2.45) is 0 Å². The van der Waals surface area contributed by atoms with Gasteiger partial charge in [0.25, 0.3) is 0 Å². The molecular weight excluding hydrogens is 350 g/mol. The monoisotopic (exact) mass is 371 g/mol. The van der Waals surface area contributed by atoms with E-state index in [2.05, 4.69) is 22.8 Å². The molecule has 0 bridgehead atoms. The van der Waals surface area contributed by atoms with Crippen LogP contribution in [0.5, 0.6) is 0 Å². The predicted octanol–water partition coefficient (Wildman–Crippen LogP) is 2.67. The Balaban J connectivity index is 0.00000196. The summed E-state index contributed by atoms with van der Waals surface area (Å²) in [6, 6.07) is 13.8. The van der Waals surface area contributed by atoms with Gasteiger partial charge >= 0.3 is 0 Å². The minimum Gasteiger partial charge on any atom is -0.325 e. The summed E-state index contributed by atoms with van der Waals surface area (Å²) in [5.74, 6) is 0.0384. The summed E-state index contributed by atoms with van der Waals surface area (Å²) in [5.41, 5.74) is 5.33. The Hall–Kier alpha value is -2.37. The van der Waals surface area contributed by atoms with Crippen molar-refractivity contribution >= 4 is 35.6 Å². The Labute approximate surface area is 159 Å². The van der Waals surface area contributed by atoms with Crippen molar-refractivity contribution in [3.05, 3.63) is 59.2 Å². The van der Waals surface area contributed by atoms with Crippen molar-refractivity contribution in [1.82, 2.24) is 5.32 Å². The van der Waals surface area contributed by atoms with E-state index in [1.807, 2.05) is 30.3 Å². The van der Waals surface area contributed by atoms with Gasteiger partial charge in [0.05, 0.1) is 6.04 Å². The number of carbonyl (C=O) groups excluding carboxylic acids is 2. The van der Waals surface area contributed by atoms with Gasteiger partial charge in [0.15, 0.2) is 0 Å². The molecule has 4 rings (SSSR count). The molecule has 2 N–H and O–H groups in total. The molecule has 2 aliphatic rings. The number of anilines is 2. The van der Waals surface area contributed by atoms with Gasteiger partial charge in [-0.2, -0.15) is 0 Å². The number of fused-ring (bicyclic) bond motifs is 2. The molecule has 1 unspecified atom stereocenters. The number of hydrogen-bond acceptors (Lipinski definition) is 3. The first-order valence-corrected chi connectivity index (χ1v) is 8.64.